The van der Waals surface area contributed by atoms with Gasteiger partial charge in [0, 0.05) is 12.0 Å². The van der Waals surface area contributed by atoms with E-state index in [1.807, 2.05) is 0 Å². The highest BCUT2D eigenvalue weighted by molar-refractivity contribution is 9.10. The molecule has 0 aromatic heterocycles. The van der Waals surface area contributed by atoms with E-state index in [0.717, 1.165) is 5.56 Å². The van der Waals surface area contributed by atoms with E-state index >= 15 is 0 Å². The molecule has 0 saturated heterocycles. The molecule has 0 fully saturated rings. The summed E-state index contributed by atoms with van der Waals surface area (Å²) < 4.78 is 14.0. The van der Waals surface area contributed by atoms with Gasteiger partial charge in [-0.05, 0) is 53.5 Å². The van der Waals surface area contributed by atoms with Gasteiger partial charge in [-0.2, -0.15) is 0 Å². The average Bonchev–Trinajstić information content (AvgIpc) is 2.20. The molecule has 0 aliphatic carbocycles. The van der Waals surface area contributed by atoms with Crippen LogP contribution >= 0.6 is 15.9 Å². The summed E-state index contributed by atoms with van der Waals surface area (Å²) >= 11 is 3.14. The number of nitrogens with two attached hydrogens (primary N) is 1. The molecule has 1 aromatic carbocycles. The molecule has 1 rings (SSSR count). The van der Waals surface area contributed by atoms with Gasteiger partial charge in [0.2, 0.25) is 0 Å². The topological polar surface area (TPSA) is 43.1 Å². The van der Waals surface area contributed by atoms with Crippen LogP contribution in [-0.2, 0) is 0 Å². The molecule has 2 N–H and O–H groups in total. The van der Waals surface area contributed by atoms with E-state index in [-0.39, 0.29) is 24.6 Å². The van der Waals surface area contributed by atoms with Crippen molar-refractivity contribution >= 4 is 21.7 Å². The maximum atomic E-state index is 13.6. The number of benzene rings is 1. The van der Waals surface area contributed by atoms with Crippen molar-refractivity contribution in [2.45, 2.75) is 20.3 Å². The zero-order valence-electron chi connectivity index (χ0n) is 8.73. The first-order chi connectivity index (χ1) is 6.99. The molecule has 0 atom stereocenters. The fraction of sp³-hybridized carbons (Fsp3) is 0.364. The van der Waals surface area contributed by atoms with Gasteiger partial charge in [0.25, 0.3) is 0 Å². The number of rotatable bonds is 3. The van der Waals surface area contributed by atoms with E-state index in [9.17, 15) is 9.18 Å². The second-order valence-electron chi connectivity index (χ2n) is 3.46. The Labute approximate surface area is 96.8 Å². The summed E-state index contributed by atoms with van der Waals surface area (Å²) in [5, 5.41) is 0. The number of carbonyl (C=O) groups is 1. The maximum Gasteiger partial charge on any atom is 0.164 e. The van der Waals surface area contributed by atoms with Crippen LogP contribution in [0.5, 0.6) is 0 Å². The Hall–Kier alpha value is -0.740. The van der Waals surface area contributed by atoms with Gasteiger partial charge in [-0.3, -0.25) is 4.79 Å². The summed E-state index contributed by atoms with van der Waals surface area (Å²) in [6.45, 7) is 3.64. The average molecular weight is 274 g/mol. The Morgan fingerprint density at radius 2 is 2.13 bits per heavy atom. The van der Waals surface area contributed by atoms with E-state index in [0.29, 0.717) is 15.6 Å². The van der Waals surface area contributed by atoms with Crippen molar-refractivity contribution in [2.75, 3.05) is 6.54 Å². The first-order valence-corrected chi connectivity index (χ1v) is 5.46. The summed E-state index contributed by atoms with van der Waals surface area (Å²) in [6.07, 6.45) is 0.251. The number of hydrogen-bond acceptors (Lipinski definition) is 2. The molecular weight excluding hydrogens is 261 g/mol. The van der Waals surface area contributed by atoms with Crippen molar-refractivity contribution in [1.82, 2.24) is 0 Å². The molecule has 1 aromatic rings. The Balaban J connectivity index is 3.26. The van der Waals surface area contributed by atoms with Gasteiger partial charge in [-0.1, -0.05) is 0 Å². The van der Waals surface area contributed by atoms with Gasteiger partial charge in [-0.15, -0.1) is 0 Å². The van der Waals surface area contributed by atoms with Crippen LogP contribution in [0.2, 0.25) is 0 Å². The minimum absolute atomic E-state index is 0.107. The van der Waals surface area contributed by atoms with Crippen LogP contribution in [-0.4, -0.2) is 12.3 Å². The first kappa shape index (κ1) is 12.3. The zero-order chi connectivity index (χ0) is 11.6. The molecule has 4 heteroatoms. The summed E-state index contributed by atoms with van der Waals surface area (Å²) in [7, 11) is 0. The number of carbonyl (C=O) groups excluding carboxylic acids is 1. The highest BCUT2D eigenvalue weighted by Gasteiger charge is 2.15. The van der Waals surface area contributed by atoms with Crippen molar-refractivity contribution < 1.29 is 9.18 Å². The molecule has 0 heterocycles. The number of aryl methyl sites for hydroxylation is 1. The lowest BCUT2D eigenvalue weighted by Gasteiger charge is -2.09. The number of Topliss-reactive ketones (excluding diaryl/α,β-unsaturated/α-hetero) is 1. The van der Waals surface area contributed by atoms with Crippen molar-refractivity contribution in [2.24, 2.45) is 5.73 Å². The number of hydrogen-bond donors (Lipinski definition) is 1. The SMILES string of the molecule is Cc1cc(C(=O)CCN)c(C)c(F)c1Br. The van der Waals surface area contributed by atoms with Crippen LogP contribution in [0, 0.1) is 19.7 Å². The Morgan fingerprint density at radius 1 is 1.53 bits per heavy atom. The highest BCUT2D eigenvalue weighted by atomic mass is 79.9. The molecule has 0 saturated carbocycles. The van der Waals surface area contributed by atoms with E-state index in [1.54, 1.807) is 19.9 Å². The molecule has 0 aliphatic rings. The smallest absolute Gasteiger partial charge is 0.164 e. The number of halogens is 2. The Morgan fingerprint density at radius 3 is 2.67 bits per heavy atom. The van der Waals surface area contributed by atoms with Gasteiger partial charge in [0.15, 0.2) is 5.78 Å². The number of ketones is 1. The van der Waals surface area contributed by atoms with Crippen molar-refractivity contribution in [1.29, 1.82) is 0 Å². The van der Waals surface area contributed by atoms with Crippen molar-refractivity contribution in [3.63, 3.8) is 0 Å². The summed E-state index contributed by atoms with van der Waals surface area (Å²) in [4.78, 5) is 11.6. The minimum Gasteiger partial charge on any atom is -0.330 e. The fourth-order valence-corrected chi connectivity index (χ4v) is 1.81. The zero-order valence-corrected chi connectivity index (χ0v) is 10.3. The van der Waals surface area contributed by atoms with E-state index < -0.39 is 0 Å². The van der Waals surface area contributed by atoms with Gasteiger partial charge in [0.1, 0.15) is 5.82 Å². The van der Waals surface area contributed by atoms with Crippen LogP contribution in [0.25, 0.3) is 0 Å². The predicted molar refractivity (Wildman–Crippen MR) is 61.6 cm³/mol. The predicted octanol–water partition coefficient (Wildman–Crippen LogP) is 2.74. The van der Waals surface area contributed by atoms with Crippen LogP contribution in [0.1, 0.15) is 27.9 Å². The van der Waals surface area contributed by atoms with Crippen molar-refractivity contribution in [3.05, 3.63) is 33.0 Å². The monoisotopic (exact) mass is 273 g/mol. The van der Waals surface area contributed by atoms with Gasteiger partial charge in [-0.25, -0.2) is 4.39 Å². The van der Waals surface area contributed by atoms with E-state index in [2.05, 4.69) is 15.9 Å². The first-order valence-electron chi connectivity index (χ1n) is 4.67. The molecule has 82 valence electrons. The quantitative estimate of drug-likeness (QED) is 0.861. The molecule has 0 aliphatic heterocycles. The third-order valence-corrected chi connectivity index (χ3v) is 3.28. The molecule has 0 bridgehead atoms. The van der Waals surface area contributed by atoms with Crippen LogP contribution in [0.4, 0.5) is 4.39 Å². The maximum absolute atomic E-state index is 13.6. The van der Waals surface area contributed by atoms with Gasteiger partial charge < -0.3 is 5.73 Å². The van der Waals surface area contributed by atoms with Crippen LogP contribution in [0.3, 0.4) is 0 Å². The highest BCUT2D eigenvalue weighted by Crippen LogP contribution is 2.26. The molecule has 0 spiro atoms. The molecule has 2 nitrogen and oxygen atoms in total. The minimum atomic E-state index is -0.365. The Kier molecular flexibility index (Phi) is 3.99. The molecule has 15 heavy (non-hydrogen) atoms. The lowest BCUT2D eigenvalue weighted by atomic mass is 9.99. The second-order valence-corrected chi connectivity index (χ2v) is 4.25. The Bertz CT molecular complexity index is 404. The van der Waals surface area contributed by atoms with Crippen LogP contribution < -0.4 is 5.73 Å². The summed E-state index contributed by atoms with van der Waals surface area (Å²) in [5.41, 5.74) is 6.83. The molecule has 0 unspecified atom stereocenters. The normalized spacial score (nSPS) is 10.5. The van der Waals surface area contributed by atoms with Crippen LogP contribution in [0.15, 0.2) is 10.5 Å². The van der Waals surface area contributed by atoms with E-state index in [1.165, 1.54) is 0 Å². The van der Waals surface area contributed by atoms with Gasteiger partial charge in [0.05, 0.1) is 4.47 Å². The largest absolute Gasteiger partial charge is 0.330 e. The third kappa shape index (κ3) is 2.44. The summed E-state index contributed by atoms with van der Waals surface area (Å²) in [6, 6.07) is 1.69. The lowest BCUT2D eigenvalue weighted by Crippen LogP contribution is -2.11. The fourth-order valence-electron chi connectivity index (χ4n) is 1.40. The van der Waals surface area contributed by atoms with E-state index in [4.69, 9.17) is 5.73 Å². The molecule has 0 amide bonds. The summed E-state index contributed by atoms with van der Waals surface area (Å²) in [5.74, 6) is -0.472. The second kappa shape index (κ2) is 4.86. The lowest BCUT2D eigenvalue weighted by molar-refractivity contribution is 0.0984. The third-order valence-electron chi connectivity index (χ3n) is 2.30. The standard InChI is InChI=1S/C11H13BrFNO/c1-6-5-8(9(15)3-4-14)7(2)11(13)10(6)12/h5H,3-4,14H2,1-2H3. The molecular formula is C11H13BrFNO. The van der Waals surface area contributed by atoms with Crippen molar-refractivity contribution in [3.8, 4) is 0 Å². The van der Waals surface area contributed by atoms with Gasteiger partial charge >= 0.3 is 0 Å². The molecule has 0 radical (unpaired) electrons.